The maximum absolute atomic E-state index is 5.57. The maximum atomic E-state index is 5.57. The fourth-order valence-corrected chi connectivity index (χ4v) is 4.81. The predicted molar refractivity (Wildman–Crippen MR) is 143 cm³/mol. The molecule has 0 radical (unpaired) electrons. The highest BCUT2D eigenvalue weighted by atomic mass is 16.7. The molecule has 7 rings (SSSR count). The minimum atomic E-state index is 0.236. The molecule has 1 fully saturated rings. The highest BCUT2D eigenvalue weighted by molar-refractivity contribution is 5.90. The molecule has 4 heterocycles. The van der Waals surface area contributed by atoms with Gasteiger partial charge in [-0.15, -0.1) is 0 Å². The number of para-hydroxylation sites is 2. The summed E-state index contributed by atoms with van der Waals surface area (Å²) in [6.07, 6.45) is 1.81. The summed E-state index contributed by atoms with van der Waals surface area (Å²) in [5, 5.41) is 8.99. The number of hydrogen-bond donors (Lipinski definition) is 1. The first-order chi connectivity index (χ1) is 18.3. The lowest BCUT2D eigenvalue weighted by Gasteiger charge is -2.36. The highest BCUT2D eigenvalue weighted by Crippen LogP contribution is 2.36. The molecule has 0 saturated carbocycles. The van der Waals surface area contributed by atoms with Crippen molar-refractivity contribution in [3.63, 3.8) is 0 Å². The average Bonchev–Trinajstić information content (AvgIpc) is 3.61. The number of nitrogens with one attached hydrogen (secondary N) is 1. The van der Waals surface area contributed by atoms with Crippen LogP contribution in [0.15, 0.2) is 85.1 Å². The number of aromatic nitrogens is 4. The van der Waals surface area contributed by atoms with E-state index in [4.69, 9.17) is 19.4 Å². The van der Waals surface area contributed by atoms with Gasteiger partial charge < -0.3 is 24.6 Å². The zero-order chi connectivity index (χ0) is 24.6. The van der Waals surface area contributed by atoms with Crippen molar-refractivity contribution in [3.8, 4) is 17.2 Å². The molecule has 2 aliphatic rings. The van der Waals surface area contributed by atoms with Crippen molar-refractivity contribution in [2.45, 2.75) is 0 Å². The van der Waals surface area contributed by atoms with Crippen LogP contribution in [0.3, 0.4) is 0 Å². The van der Waals surface area contributed by atoms with E-state index < -0.39 is 0 Å². The van der Waals surface area contributed by atoms with Crippen LogP contribution in [0.1, 0.15) is 0 Å². The first-order valence-corrected chi connectivity index (χ1v) is 12.3. The van der Waals surface area contributed by atoms with Gasteiger partial charge in [-0.3, -0.25) is 0 Å². The van der Waals surface area contributed by atoms with Crippen molar-refractivity contribution >= 4 is 34.2 Å². The lowest BCUT2D eigenvalue weighted by Crippen LogP contribution is -2.47. The third kappa shape index (κ3) is 4.04. The van der Waals surface area contributed by atoms with E-state index in [1.807, 2.05) is 65.5 Å². The minimum Gasteiger partial charge on any atom is -0.454 e. The summed E-state index contributed by atoms with van der Waals surface area (Å²) in [4.78, 5) is 14.6. The number of hydrogen-bond acceptors (Lipinski definition) is 8. The van der Waals surface area contributed by atoms with Gasteiger partial charge in [-0.1, -0.05) is 36.4 Å². The van der Waals surface area contributed by atoms with E-state index >= 15 is 0 Å². The molecule has 184 valence electrons. The molecule has 0 atom stereocenters. The Morgan fingerprint density at radius 2 is 1.41 bits per heavy atom. The molecule has 1 saturated heterocycles. The normalized spacial score (nSPS) is 14.8. The van der Waals surface area contributed by atoms with E-state index in [9.17, 15) is 0 Å². The molecule has 9 nitrogen and oxygen atoms in total. The molecular formula is C28H25N7O2. The van der Waals surface area contributed by atoms with Gasteiger partial charge in [0.2, 0.25) is 12.7 Å². The van der Waals surface area contributed by atoms with Gasteiger partial charge in [-0.25, -0.2) is 4.68 Å². The fraction of sp³-hybridized carbons (Fsp3) is 0.179. The Bertz CT molecular complexity index is 1550. The van der Waals surface area contributed by atoms with Crippen LogP contribution in [0.5, 0.6) is 11.5 Å². The van der Waals surface area contributed by atoms with Gasteiger partial charge in [0.05, 0.1) is 17.3 Å². The number of rotatable bonds is 5. The monoisotopic (exact) mass is 491 g/mol. The van der Waals surface area contributed by atoms with Crippen molar-refractivity contribution in [2.75, 3.05) is 48.1 Å². The number of ether oxygens (including phenoxy) is 2. The summed E-state index contributed by atoms with van der Waals surface area (Å²) in [5.41, 5.74) is 3.80. The first-order valence-electron chi connectivity index (χ1n) is 12.3. The summed E-state index contributed by atoms with van der Waals surface area (Å²) in [6, 6.07) is 26.4. The van der Waals surface area contributed by atoms with Crippen LogP contribution in [0.2, 0.25) is 0 Å². The van der Waals surface area contributed by atoms with Crippen LogP contribution in [-0.4, -0.2) is 52.7 Å². The molecule has 2 aliphatic heterocycles. The number of piperazine rings is 1. The SMILES string of the molecule is c1ccc(N2CCN(c3nc(Nc4ccc5c(c4)OCO5)c4cnn(-c5ccccc5)c4n3)CC2)cc1. The Kier molecular flexibility index (Phi) is 5.24. The molecule has 0 spiro atoms. The van der Waals surface area contributed by atoms with E-state index in [1.54, 1.807) is 0 Å². The second kappa shape index (κ2) is 9.02. The molecule has 2 aromatic heterocycles. The van der Waals surface area contributed by atoms with Crippen molar-refractivity contribution in [1.82, 2.24) is 19.7 Å². The van der Waals surface area contributed by atoms with Crippen LogP contribution < -0.4 is 24.6 Å². The average molecular weight is 492 g/mol. The van der Waals surface area contributed by atoms with Crippen molar-refractivity contribution < 1.29 is 9.47 Å². The topological polar surface area (TPSA) is 80.6 Å². The lowest BCUT2D eigenvalue weighted by atomic mass is 10.2. The Balaban J connectivity index is 1.25. The molecule has 5 aromatic rings. The molecule has 0 unspecified atom stereocenters. The van der Waals surface area contributed by atoms with Crippen LogP contribution >= 0.6 is 0 Å². The Morgan fingerprint density at radius 3 is 2.19 bits per heavy atom. The van der Waals surface area contributed by atoms with Gasteiger partial charge in [0.15, 0.2) is 17.1 Å². The van der Waals surface area contributed by atoms with Crippen LogP contribution in [0.25, 0.3) is 16.7 Å². The highest BCUT2D eigenvalue weighted by Gasteiger charge is 2.23. The van der Waals surface area contributed by atoms with Crippen LogP contribution in [-0.2, 0) is 0 Å². The summed E-state index contributed by atoms with van der Waals surface area (Å²) in [5.74, 6) is 2.84. The van der Waals surface area contributed by atoms with Crippen molar-refractivity contribution in [2.24, 2.45) is 0 Å². The molecule has 37 heavy (non-hydrogen) atoms. The fourth-order valence-electron chi connectivity index (χ4n) is 4.81. The summed E-state index contributed by atoms with van der Waals surface area (Å²) in [6.45, 7) is 3.68. The number of nitrogens with zero attached hydrogens (tertiary/aromatic N) is 6. The largest absolute Gasteiger partial charge is 0.454 e. The Labute approximate surface area is 213 Å². The van der Waals surface area contributed by atoms with E-state index in [0.29, 0.717) is 17.5 Å². The van der Waals surface area contributed by atoms with E-state index in [-0.39, 0.29) is 6.79 Å². The van der Waals surface area contributed by atoms with Gasteiger partial charge in [0.1, 0.15) is 5.82 Å². The maximum Gasteiger partial charge on any atom is 0.231 e. The van der Waals surface area contributed by atoms with Gasteiger partial charge >= 0.3 is 0 Å². The molecule has 9 heteroatoms. The quantitative estimate of drug-likeness (QED) is 0.382. The predicted octanol–water partition coefficient (Wildman–Crippen LogP) is 4.61. The number of fused-ring (bicyclic) bond motifs is 2. The van der Waals surface area contributed by atoms with Crippen LogP contribution in [0, 0.1) is 0 Å². The van der Waals surface area contributed by atoms with Gasteiger partial charge in [-0.2, -0.15) is 15.1 Å². The molecule has 0 aliphatic carbocycles. The van der Waals surface area contributed by atoms with Gasteiger partial charge in [-0.05, 0) is 36.4 Å². The third-order valence-electron chi connectivity index (χ3n) is 6.74. The first kappa shape index (κ1) is 21.5. The second-order valence-corrected chi connectivity index (χ2v) is 9.00. The van der Waals surface area contributed by atoms with Crippen molar-refractivity contribution in [1.29, 1.82) is 0 Å². The lowest BCUT2D eigenvalue weighted by molar-refractivity contribution is 0.174. The second-order valence-electron chi connectivity index (χ2n) is 9.00. The molecular weight excluding hydrogens is 466 g/mol. The zero-order valence-electron chi connectivity index (χ0n) is 20.1. The Hall–Kier alpha value is -4.79. The summed E-state index contributed by atoms with van der Waals surface area (Å²) >= 11 is 0. The molecule has 3 aromatic carbocycles. The third-order valence-corrected chi connectivity index (χ3v) is 6.74. The van der Waals surface area contributed by atoms with Crippen LogP contribution in [0.4, 0.5) is 23.1 Å². The Morgan fingerprint density at radius 1 is 0.703 bits per heavy atom. The number of anilines is 4. The summed E-state index contributed by atoms with van der Waals surface area (Å²) in [7, 11) is 0. The van der Waals surface area contributed by atoms with E-state index in [0.717, 1.165) is 54.3 Å². The molecule has 1 N–H and O–H groups in total. The minimum absolute atomic E-state index is 0.236. The van der Waals surface area contributed by atoms with E-state index in [1.165, 1.54) is 5.69 Å². The number of benzene rings is 3. The van der Waals surface area contributed by atoms with Gasteiger partial charge in [0, 0.05) is 43.6 Å². The van der Waals surface area contributed by atoms with Gasteiger partial charge in [0.25, 0.3) is 0 Å². The molecule has 0 amide bonds. The molecule has 0 bridgehead atoms. The van der Waals surface area contributed by atoms with E-state index in [2.05, 4.69) is 44.5 Å². The standard InChI is InChI=1S/C28H25N7O2/c1-3-7-21(8-4-1)33-13-15-34(16-14-33)28-31-26(30-20-11-12-24-25(17-20)37-19-36-24)23-18-29-35(27(23)32-28)22-9-5-2-6-10-22/h1-12,17-18H,13-16,19H2,(H,30,31,32). The van der Waals surface area contributed by atoms with Crippen molar-refractivity contribution in [3.05, 3.63) is 85.1 Å². The summed E-state index contributed by atoms with van der Waals surface area (Å²) < 4.78 is 12.9. The smallest absolute Gasteiger partial charge is 0.231 e. The zero-order valence-corrected chi connectivity index (χ0v) is 20.1.